The molecule has 0 heterocycles. The van der Waals surface area contributed by atoms with Gasteiger partial charge in [0.05, 0.1) is 11.2 Å². The van der Waals surface area contributed by atoms with E-state index in [2.05, 4.69) is 31.0 Å². The van der Waals surface area contributed by atoms with Crippen LogP contribution in [0.1, 0.15) is 45.6 Å². The van der Waals surface area contributed by atoms with Gasteiger partial charge in [-0.05, 0) is 42.7 Å². The molecule has 0 saturated heterocycles. The van der Waals surface area contributed by atoms with Crippen LogP contribution in [0.3, 0.4) is 0 Å². The van der Waals surface area contributed by atoms with Crippen LogP contribution in [0, 0.1) is 16.7 Å². The second-order valence-corrected chi connectivity index (χ2v) is 7.79. The average Bonchev–Trinajstić information content (AvgIpc) is 2.74. The van der Waals surface area contributed by atoms with Crippen molar-refractivity contribution in [2.75, 3.05) is 0 Å². The molecule has 0 unspecified atom stereocenters. The highest BCUT2D eigenvalue weighted by Crippen LogP contribution is 2.63. The smallest absolute Gasteiger partial charge is 0.0583 e. The first-order valence-corrected chi connectivity index (χ1v) is 8.15. The van der Waals surface area contributed by atoms with Crippen molar-refractivity contribution in [2.45, 2.75) is 40.0 Å². The Labute approximate surface area is 136 Å². The van der Waals surface area contributed by atoms with Crippen LogP contribution in [-0.4, -0.2) is 11.9 Å². The van der Waals surface area contributed by atoms with Crippen molar-refractivity contribution < 1.29 is 0 Å². The van der Waals surface area contributed by atoms with Gasteiger partial charge in [-0.25, -0.2) is 0 Å². The van der Waals surface area contributed by atoms with Gasteiger partial charge in [0.1, 0.15) is 0 Å². The molecule has 2 saturated carbocycles. The van der Waals surface area contributed by atoms with Gasteiger partial charge in [0.2, 0.25) is 0 Å². The lowest BCUT2D eigenvalue weighted by molar-refractivity contribution is 0.194. The molecule has 2 aliphatic carbocycles. The van der Waals surface area contributed by atoms with Gasteiger partial charge < -0.3 is 0 Å². The largest absolute Gasteiger partial charge is 0.160 e. The van der Waals surface area contributed by atoms with Crippen LogP contribution in [-0.2, 0) is 0 Å². The van der Waals surface area contributed by atoms with Crippen molar-refractivity contribution in [3.63, 3.8) is 0 Å². The van der Waals surface area contributed by atoms with Crippen LogP contribution in [0.15, 0.2) is 28.4 Å². The molecule has 2 aliphatic rings. The number of hydrogen-bond acceptors (Lipinski definition) is 2. The minimum atomic E-state index is 0.193. The summed E-state index contributed by atoms with van der Waals surface area (Å²) in [6.45, 7) is 7.07. The number of rotatable bonds is 2. The highest BCUT2D eigenvalue weighted by atomic mass is 35.5. The first-order chi connectivity index (χ1) is 9.84. The lowest BCUT2D eigenvalue weighted by Gasteiger charge is -2.34. The predicted molar refractivity (Wildman–Crippen MR) is 90.7 cm³/mol. The molecule has 1 aromatic rings. The van der Waals surface area contributed by atoms with Gasteiger partial charge >= 0.3 is 0 Å². The molecule has 4 heteroatoms. The number of fused-ring (bicyclic) bond motifs is 2. The second-order valence-electron chi connectivity index (χ2n) is 6.95. The first-order valence-electron chi connectivity index (χ1n) is 7.40. The van der Waals surface area contributed by atoms with Gasteiger partial charge in [0, 0.05) is 21.7 Å². The third-order valence-electron chi connectivity index (χ3n) is 5.85. The van der Waals surface area contributed by atoms with E-state index in [9.17, 15) is 0 Å². The fourth-order valence-corrected chi connectivity index (χ4v) is 4.30. The Morgan fingerprint density at radius 3 is 2.57 bits per heavy atom. The predicted octanol–water partition coefficient (Wildman–Crippen LogP) is 5.61. The molecular formula is C17H20Cl2N2. The zero-order valence-electron chi connectivity index (χ0n) is 12.7. The molecule has 2 nitrogen and oxygen atoms in total. The zero-order chi connectivity index (χ0) is 15.3. The molecule has 0 N–H and O–H groups in total. The van der Waals surface area contributed by atoms with E-state index in [1.165, 1.54) is 18.6 Å². The molecule has 0 radical (unpaired) electrons. The molecule has 0 amide bonds. The molecule has 2 bridgehead atoms. The van der Waals surface area contributed by atoms with Crippen LogP contribution in [0.2, 0.25) is 10.0 Å². The minimum absolute atomic E-state index is 0.193. The van der Waals surface area contributed by atoms with Crippen LogP contribution in [0.5, 0.6) is 0 Å². The van der Waals surface area contributed by atoms with E-state index in [1.54, 1.807) is 12.3 Å². The van der Waals surface area contributed by atoms with Crippen molar-refractivity contribution in [1.29, 1.82) is 0 Å². The third-order valence-corrected chi connectivity index (χ3v) is 6.41. The van der Waals surface area contributed by atoms with E-state index < -0.39 is 0 Å². The standard InChI is InChI=1S/C17H20Cl2N2/c1-16(2)12-6-7-17(16,3)15(8-12)21-20-10-11-4-5-13(18)9-14(11)19/h4-5,9-10,12H,6-8H2,1-3H3/b20-10-,21-15-/t12-,17-/m1/s1. The maximum absolute atomic E-state index is 6.14. The van der Waals surface area contributed by atoms with Gasteiger partial charge in [0.25, 0.3) is 0 Å². The fraction of sp³-hybridized carbons (Fsp3) is 0.529. The monoisotopic (exact) mass is 322 g/mol. The summed E-state index contributed by atoms with van der Waals surface area (Å²) in [6.07, 6.45) is 5.33. The number of benzene rings is 1. The van der Waals surface area contributed by atoms with E-state index in [0.29, 0.717) is 15.5 Å². The Hall–Kier alpha value is -0.860. The van der Waals surface area contributed by atoms with Gasteiger partial charge in [-0.2, -0.15) is 10.2 Å². The summed E-state index contributed by atoms with van der Waals surface area (Å²) < 4.78 is 0. The topological polar surface area (TPSA) is 24.7 Å². The molecule has 0 aliphatic heterocycles. The summed E-state index contributed by atoms with van der Waals surface area (Å²) >= 11 is 12.0. The molecule has 3 rings (SSSR count). The van der Waals surface area contributed by atoms with E-state index in [1.807, 2.05) is 12.1 Å². The van der Waals surface area contributed by atoms with Crippen LogP contribution in [0.25, 0.3) is 0 Å². The number of nitrogens with zero attached hydrogens (tertiary/aromatic N) is 2. The van der Waals surface area contributed by atoms with E-state index in [-0.39, 0.29) is 5.41 Å². The molecule has 21 heavy (non-hydrogen) atoms. The Morgan fingerprint density at radius 1 is 1.24 bits per heavy atom. The highest BCUT2D eigenvalue weighted by molar-refractivity contribution is 6.36. The summed E-state index contributed by atoms with van der Waals surface area (Å²) in [5, 5.41) is 10.0. The van der Waals surface area contributed by atoms with E-state index >= 15 is 0 Å². The normalized spacial score (nSPS) is 32.4. The van der Waals surface area contributed by atoms with Crippen molar-refractivity contribution in [1.82, 2.24) is 0 Å². The Bertz CT molecular complexity index is 634. The number of halogens is 2. The van der Waals surface area contributed by atoms with Gasteiger partial charge in [-0.15, -0.1) is 0 Å². The number of hydrogen-bond donors (Lipinski definition) is 0. The van der Waals surface area contributed by atoms with Gasteiger partial charge in [0.15, 0.2) is 0 Å². The summed E-state index contributed by atoms with van der Waals surface area (Å²) in [5.74, 6) is 0.746. The van der Waals surface area contributed by atoms with Crippen LogP contribution < -0.4 is 0 Å². The van der Waals surface area contributed by atoms with Gasteiger partial charge in [-0.3, -0.25) is 0 Å². The maximum atomic E-state index is 6.14. The van der Waals surface area contributed by atoms with Gasteiger partial charge in [-0.1, -0.05) is 50.0 Å². The lowest BCUT2D eigenvalue weighted by Crippen LogP contribution is -2.32. The summed E-state index contributed by atoms with van der Waals surface area (Å²) in [6, 6.07) is 5.39. The molecule has 0 spiro atoms. The van der Waals surface area contributed by atoms with Crippen molar-refractivity contribution in [3.8, 4) is 0 Å². The summed E-state index contributed by atoms with van der Waals surface area (Å²) in [4.78, 5) is 0. The maximum Gasteiger partial charge on any atom is 0.0583 e. The van der Waals surface area contributed by atoms with E-state index in [0.717, 1.165) is 17.9 Å². The molecule has 2 fully saturated rings. The summed E-state index contributed by atoms with van der Waals surface area (Å²) in [5.41, 5.74) is 2.61. The van der Waals surface area contributed by atoms with Crippen molar-refractivity contribution in [2.24, 2.45) is 27.0 Å². The Morgan fingerprint density at radius 2 is 2.00 bits per heavy atom. The van der Waals surface area contributed by atoms with Crippen LogP contribution >= 0.6 is 23.2 Å². The molecule has 1 aromatic carbocycles. The molecule has 0 aromatic heterocycles. The molecule has 112 valence electrons. The van der Waals surface area contributed by atoms with E-state index in [4.69, 9.17) is 23.2 Å². The SMILES string of the molecule is CC1(C)[C@@H]2CC[C@]1(C)/C(=N\N=C/c1ccc(Cl)cc1Cl)C2. The highest BCUT2D eigenvalue weighted by Gasteiger charge is 2.59. The minimum Gasteiger partial charge on any atom is -0.160 e. The molecular weight excluding hydrogens is 303 g/mol. The fourth-order valence-electron chi connectivity index (χ4n) is 3.85. The third kappa shape index (κ3) is 2.33. The Balaban J connectivity index is 1.83. The van der Waals surface area contributed by atoms with Crippen molar-refractivity contribution in [3.05, 3.63) is 33.8 Å². The zero-order valence-corrected chi connectivity index (χ0v) is 14.2. The van der Waals surface area contributed by atoms with Crippen molar-refractivity contribution >= 4 is 35.1 Å². The lowest BCUT2D eigenvalue weighted by atomic mass is 9.70. The molecule has 2 atom stereocenters. The average molecular weight is 323 g/mol. The second kappa shape index (κ2) is 5.10. The quantitative estimate of drug-likeness (QED) is 0.499. The summed E-state index contributed by atoms with van der Waals surface area (Å²) in [7, 11) is 0. The Kier molecular flexibility index (Phi) is 3.66. The van der Waals surface area contributed by atoms with Crippen LogP contribution in [0.4, 0.5) is 0 Å². The first kappa shape index (κ1) is 15.1.